The van der Waals surface area contributed by atoms with Gasteiger partial charge in [-0.15, -0.1) is 0 Å². The van der Waals surface area contributed by atoms with Crippen LogP contribution in [0.25, 0.3) is 5.57 Å². The molecule has 0 aliphatic carbocycles. The average Bonchev–Trinajstić information content (AvgIpc) is 3.26. The van der Waals surface area contributed by atoms with Crippen molar-refractivity contribution in [2.45, 2.75) is 20.4 Å². The molecular formula is C23H19BrN2O3. The number of aryl methyl sites for hydroxylation is 2. The zero-order chi connectivity index (χ0) is 20.5. The van der Waals surface area contributed by atoms with Crippen molar-refractivity contribution < 1.29 is 14.0 Å². The first-order valence-corrected chi connectivity index (χ1v) is 9.96. The van der Waals surface area contributed by atoms with E-state index in [1.165, 1.54) is 11.2 Å². The third-order valence-corrected chi connectivity index (χ3v) is 5.30. The van der Waals surface area contributed by atoms with Crippen LogP contribution in [0.4, 0.5) is 5.69 Å². The number of anilines is 1. The lowest BCUT2D eigenvalue weighted by atomic mass is 9.97. The summed E-state index contributed by atoms with van der Waals surface area (Å²) >= 11 is 3.44. The molecule has 146 valence electrons. The van der Waals surface area contributed by atoms with Crippen molar-refractivity contribution in [3.63, 3.8) is 0 Å². The van der Waals surface area contributed by atoms with Gasteiger partial charge in [-0.1, -0.05) is 45.8 Å². The number of amides is 2. The summed E-state index contributed by atoms with van der Waals surface area (Å²) in [6, 6.07) is 16.8. The summed E-state index contributed by atoms with van der Waals surface area (Å²) in [7, 11) is 0. The van der Waals surface area contributed by atoms with Crippen molar-refractivity contribution in [2.75, 3.05) is 5.32 Å². The number of carbonyl (C=O) groups is 2. The molecule has 6 heteroatoms. The molecule has 2 aromatic carbocycles. The number of imide groups is 1. The second kappa shape index (κ2) is 7.72. The number of nitrogens with one attached hydrogen (secondary N) is 1. The molecule has 5 nitrogen and oxygen atoms in total. The lowest BCUT2D eigenvalue weighted by Crippen LogP contribution is -2.31. The fraction of sp³-hybridized carbons (Fsp3) is 0.130. The Hall–Kier alpha value is -3.12. The molecule has 4 rings (SSSR count). The molecule has 1 N–H and O–H groups in total. The molecule has 29 heavy (non-hydrogen) atoms. The van der Waals surface area contributed by atoms with Crippen LogP contribution in [0.1, 0.15) is 22.5 Å². The van der Waals surface area contributed by atoms with Gasteiger partial charge < -0.3 is 9.73 Å². The van der Waals surface area contributed by atoms with E-state index in [1.54, 1.807) is 12.1 Å². The van der Waals surface area contributed by atoms with Crippen molar-refractivity contribution in [3.8, 4) is 0 Å². The van der Waals surface area contributed by atoms with Gasteiger partial charge in [-0.2, -0.15) is 0 Å². The number of carbonyl (C=O) groups excluding carboxylic acids is 2. The third-order valence-electron chi connectivity index (χ3n) is 4.81. The summed E-state index contributed by atoms with van der Waals surface area (Å²) < 4.78 is 6.23. The van der Waals surface area contributed by atoms with Crippen molar-refractivity contribution in [1.29, 1.82) is 0 Å². The molecule has 0 fully saturated rings. The van der Waals surface area contributed by atoms with E-state index >= 15 is 0 Å². The smallest absolute Gasteiger partial charge is 0.278 e. The highest BCUT2D eigenvalue weighted by Gasteiger charge is 2.40. The van der Waals surface area contributed by atoms with Crippen LogP contribution in [0, 0.1) is 13.8 Å². The third kappa shape index (κ3) is 3.76. The Balaban J connectivity index is 1.80. The number of hydrogen-bond donors (Lipinski definition) is 1. The minimum atomic E-state index is -0.374. The summed E-state index contributed by atoms with van der Waals surface area (Å²) in [6.45, 7) is 4.03. The van der Waals surface area contributed by atoms with Gasteiger partial charge in [0.1, 0.15) is 11.5 Å². The Morgan fingerprint density at radius 2 is 1.83 bits per heavy atom. The summed E-state index contributed by atoms with van der Waals surface area (Å²) in [5, 5.41) is 3.17. The quantitative estimate of drug-likeness (QED) is 0.552. The van der Waals surface area contributed by atoms with E-state index in [0.29, 0.717) is 11.3 Å². The molecule has 0 saturated heterocycles. The second-order valence-corrected chi connectivity index (χ2v) is 7.90. The molecule has 0 spiro atoms. The number of hydrogen-bond acceptors (Lipinski definition) is 4. The summed E-state index contributed by atoms with van der Waals surface area (Å²) in [5.74, 6) is -0.160. The first-order valence-electron chi connectivity index (χ1n) is 9.17. The summed E-state index contributed by atoms with van der Waals surface area (Å²) in [4.78, 5) is 27.7. The van der Waals surface area contributed by atoms with E-state index in [1.807, 2.05) is 56.3 Å². The maximum absolute atomic E-state index is 13.3. The van der Waals surface area contributed by atoms with Gasteiger partial charge in [0.2, 0.25) is 0 Å². The zero-order valence-electron chi connectivity index (χ0n) is 16.0. The van der Waals surface area contributed by atoms with Crippen molar-refractivity contribution in [2.24, 2.45) is 0 Å². The molecule has 0 unspecified atom stereocenters. The predicted octanol–water partition coefficient (Wildman–Crippen LogP) is 5.05. The standard InChI is InChI=1S/C23H19BrN2O3/c1-14-8-9-19(15(2)11-14)20-21(25-17-6-3-5-16(24)12-17)23(28)26(22(20)27)13-18-7-4-10-29-18/h3-12,25H,13H2,1-2H3. The van der Waals surface area contributed by atoms with Gasteiger partial charge in [0.15, 0.2) is 0 Å². The van der Waals surface area contributed by atoms with E-state index in [9.17, 15) is 9.59 Å². The van der Waals surface area contributed by atoms with Crippen LogP contribution in [-0.2, 0) is 16.1 Å². The van der Waals surface area contributed by atoms with Gasteiger partial charge in [-0.05, 0) is 55.3 Å². The normalized spacial score (nSPS) is 14.1. The van der Waals surface area contributed by atoms with E-state index < -0.39 is 0 Å². The summed E-state index contributed by atoms with van der Waals surface area (Å²) in [5.41, 5.74) is 4.14. The number of benzene rings is 2. The highest BCUT2D eigenvalue weighted by molar-refractivity contribution is 9.10. The Morgan fingerprint density at radius 3 is 2.52 bits per heavy atom. The van der Waals surface area contributed by atoms with Crippen molar-refractivity contribution in [3.05, 3.63) is 93.5 Å². The van der Waals surface area contributed by atoms with Gasteiger partial charge in [-0.25, -0.2) is 0 Å². The Bertz CT molecular complexity index is 1130. The van der Waals surface area contributed by atoms with E-state index in [-0.39, 0.29) is 24.1 Å². The molecule has 2 heterocycles. The lowest BCUT2D eigenvalue weighted by molar-refractivity contribution is -0.137. The first-order chi connectivity index (χ1) is 13.9. The van der Waals surface area contributed by atoms with E-state index in [0.717, 1.165) is 26.9 Å². The van der Waals surface area contributed by atoms with E-state index in [2.05, 4.69) is 21.2 Å². The van der Waals surface area contributed by atoms with E-state index in [4.69, 9.17) is 4.42 Å². The SMILES string of the molecule is Cc1ccc(C2=C(Nc3cccc(Br)c3)C(=O)N(Cc3ccco3)C2=O)c(C)c1. The molecule has 1 aromatic heterocycles. The zero-order valence-corrected chi connectivity index (χ0v) is 17.6. The first kappa shape index (κ1) is 19.2. The van der Waals surface area contributed by atoms with Crippen molar-refractivity contribution in [1.82, 2.24) is 4.90 Å². The number of rotatable bonds is 5. The topological polar surface area (TPSA) is 62.6 Å². The second-order valence-electron chi connectivity index (χ2n) is 6.98. The largest absolute Gasteiger partial charge is 0.467 e. The van der Waals surface area contributed by atoms with Gasteiger partial charge in [0, 0.05) is 10.2 Å². The minimum absolute atomic E-state index is 0.0861. The van der Waals surface area contributed by atoms with Crippen LogP contribution in [0.3, 0.4) is 0 Å². The fourth-order valence-electron chi connectivity index (χ4n) is 3.45. The van der Waals surface area contributed by atoms with Crippen LogP contribution in [0.15, 0.2) is 75.4 Å². The maximum Gasteiger partial charge on any atom is 0.278 e. The molecule has 0 atom stereocenters. The van der Waals surface area contributed by atoms with Crippen molar-refractivity contribution >= 4 is 39.0 Å². The molecule has 1 aliphatic heterocycles. The highest BCUT2D eigenvalue weighted by atomic mass is 79.9. The lowest BCUT2D eigenvalue weighted by Gasteiger charge is -2.14. The van der Waals surface area contributed by atoms with Crippen LogP contribution < -0.4 is 5.32 Å². The van der Waals surface area contributed by atoms with Crippen LogP contribution in [0.2, 0.25) is 0 Å². The van der Waals surface area contributed by atoms with Gasteiger partial charge >= 0.3 is 0 Å². The molecule has 2 amide bonds. The fourth-order valence-corrected chi connectivity index (χ4v) is 3.85. The molecule has 1 aliphatic rings. The van der Waals surface area contributed by atoms with Gasteiger partial charge in [-0.3, -0.25) is 14.5 Å². The highest BCUT2D eigenvalue weighted by Crippen LogP contribution is 2.33. The molecule has 0 bridgehead atoms. The molecule has 3 aromatic rings. The predicted molar refractivity (Wildman–Crippen MR) is 115 cm³/mol. The molecule has 0 saturated carbocycles. The summed E-state index contributed by atoms with van der Waals surface area (Å²) in [6.07, 6.45) is 1.53. The molecular weight excluding hydrogens is 432 g/mol. The maximum atomic E-state index is 13.3. The number of halogens is 1. The Kier molecular flexibility index (Phi) is 5.11. The van der Waals surface area contributed by atoms with Crippen LogP contribution in [0.5, 0.6) is 0 Å². The van der Waals surface area contributed by atoms with Gasteiger partial charge in [0.05, 0.1) is 18.4 Å². The van der Waals surface area contributed by atoms with Crippen LogP contribution in [-0.4, -0.2) is 16.7 Å². The monoisotopic (exact) mass is 450 g/mol. The number of nitrogens with zero attached hydrogens (tertiary/aromatic N) is 1. The number of furan rings is 1. The van der Waals surface area contributed by atoms with Crippen LogP contribution >= 0.6 is 15.9 Å². The van der Waals surface area contributed by atoms with Gasteiger partial charge in [0.25, 0.3) is 11.8 Å². The average molecular weight is 451 g/mol. The Labute approximate surface area is 177 Å². The molecule has 0 radical (unpaired) electrons. The Morgan fingerprint density at radius 1 is 1.00 bits per heavy atom. The minimum Gasteiger partial charge on any atom is -0.467 e.